The van der Waals surface area contributed by atoms with Gasteiger partial charge in [-0.05, 0) is 0 Å². The number of halogens is 10. The molecule has 4 rings (SSSR count). The molecule has 0 nitrogen and oxygen atoms in total. The summed E-state index contributed by atoms with van der Waals surface area (Å²) >= 11 is -0.229. The molecule has 0 aliphatic heterocycles. The second kappa shape index (κ2) is 11.5. The van der Waals surface area contributed by atoms with Crippen LogP contribution in [-0.2, 0) is 0 Å². The molecular weight excluding hydrogens is 605 g/mol. The van der Waals surface area contributed by atoms with Crippen molar-refractivity contribution >= 4 is 48.2 Å². The quantitative estimate of drug-likeness (QED) is 0.0714. The zero-order valence-corrected chi connectivity index (χ0v) is 20.8. The zero-order chi connectivity index (χ0) is 28.4. The van der Waals surface area contributed by atoms with Gasteiger partial charge in [-0.25, -0.2) is 0 Å². The molecule has 0 radical (unpaired) electrons. The van der Waals surface area contributed by atoms with Crippen molar-refractivity contribution in [1.29, 1.82) is 0 Å². The topological polar surface area (TPSA) is 0 Å². The Morgan fingerprint density at radius 3 is 0.872 bits per heavy atom. The first-order chi connectivity index (χ1) is 18.5. The molecule has 0 unspecified atom stereocenters. The Hall–Kier alpha value is -3.82. The SMILES string of the molecule is Fc1c(F)c(F)c(/C=C/c2ccc([Se]c3ccc(/C=C/c4c(F)c(F)c(F)c(F)c4F)cc3)cc2)c(F)c1F. The summed E-state index contributed by atoms with van der Waals surface area (Å²) in [6.07, 6.45) is 3.96. The first kappa shape index (κ1) is 28.2. The second-order valence-corrected chi connectivity index (χ2v) is 10.3. The summed E-state index contributed by atoms with van der Waals surface area (Å²) in [6.45, 7) is 0. The van der Waals surface area contributed by atoms with Crippen molar-refractivity contribution in [3.05, 3.63) is 129 Å². The summed E-state index contributed by atoms with van der Waals surface area (Å²) in [7, 11) is 0. The monoisotopic (exact) mass is 618 g/mol. The molecule has 0 saturated carbocycles. The molecule has 0 saturated heterocycles. The molecule has 200 valence electrons. The van der Waals surface area contributed by atoms with Crippen LogP contribution in [0.5, 0.6) is 0 Å². The van der Waals surface area contributed by atoms with Gasteiger partial charge in [0.25, 0.3) is 0 Å². The van der Waals surface area contributed by atoms with Crippen molar-refractivity contribution in [2.24, 2.45) is 0 Å². The van der Waals surface area contributed by atoms with Crippen LogP contribution in [0.4, 0.5) is 43.9 Å². The minimum absolute atomic E-state index is 0.229. The predicted molar refractivity (Wildman–Crippen MR) is 128 cm³/mol. The van der Waals surface area contributed by atoms with Crippen LogP contribution in [0.3, 0.4) is 0 Å². The number of rotatable bonds is 6. The Morgan fingerprint density at radius 1 is 0.333 bits per heavy atom. The van der Waals surface area contributed by atoms with Crippen molar-refractivity contribution < 1.29 is 43.9 Å². The van der Waals surface area contributed by atoms with Crippen LogP contribution in [-0.4, -0.2) is 15.0 Å². The van der Waals surface area contributed by atoms with E-state index in [1.165, 1.54) is 12.2 Å². The fourth-order valence-electron chi connectivity index (χ4n) is 3.33. The fraction of sp³-hybridized carbons (Fsp3) is 0. The van der Waals surface area contributed by atoms with Crippen LogP contribution < -0.4 is 8.92 Å². The van der Waals surface area contributed by atoms with E-state index >= 15 is 0 Å². The summed E-state index contributed by atoms with van der Waals surface area (Å²) in [6, 6.07) is 13.2. The van der Waals surface area contributed by atoms with E-state index in [0.29, 0.717) is 11.1 Å². The average Bonchev–Trinajstić information content (AvgIpc) is 2.94. The maximum absolute atomic E-state index is 13.8. The van der Waals surface area contributed by atoms with E-state index in [-0.39, 0.29) is 15.0 Å². The van der Waals surface area contributed by atoms with Gasteiger partial charge in [0.2, 0.25) is 0 Å². The van der Waals surface area contributed by atoms with Gasteiger partial charge in [0.05, 0.1) is 0 Å². The molecular formula is C28H12F10Se. The van der Waals surface area contributed by atoms with E-state index in [1.54, 1.807) is 48.5 Å². The molecule has 39 heavy (non-hydrogen) atoms. The standard InChI is InChI=1S/C28H12F10Se/c29-19-17(20(30)24(34)27(37)23(19)33)11-5-13-1-7-15(8-2-13)39-16-9-3-14(4-10-16)6-12-18-21(31)25(35)28(38)26(36)22(18)32/h1-12H/b11-5+,12-6+. The Kier molecular flexibility index (Phi) is 8.32. The van der Waals surface area contributed by atoms with Gasteiger partial charge in [-0.1, -0.05) is 0 Å². The van der Waals surface area contributed by atoms with E-state index in [2.05, 4.69) is 0 Å². The van der Waals surface area contributed by atoms with Gasteiger partial charge in [-0.3, -0.25) is 0 Å². The molecule has 0 atom stereocenters. The molecule has 4 aromatic carbocycles. The maximum atomic E-state index is 13.8. The van der Waals surface area contributed by atoms with Crippen LogP contribution in [0.25, 0.3) is 24.3 Å². The molecule has 0 aromatic heterocycles. The molecule has 0 amide bonds. The van der Waals surface area contributed by atoms with Gasteiger partial charge < -0.3 is 0 Å². The summed E-state index contributed by atoms with van der Waals surface area (Å²) in [5.74, 6) is -20.4. The van der Waals surface area contributed by atoms with E-state index < -0.39 is 69.3 Å². The number of benzene rings is 4. The van der Waals surface area contributed by atoms with Crippen LogP contribution >= 0.6 is 0 Å². The van der Waals surface area contributed by atoms with Crippen molar-refractivity contribution in [2.45, 2.75) is 0 Å². The van der Waals surface area contributed by atoms with Gasteiger partial charge in [-0.15, -0.1) is 0 Å². The van der Waals surface area contributed by atoms with Crippen molar-refractivity contribution in [3.63, 3.8) is 0 Å². The van der Waals surface area contributed by atoms with Crippen LogP contribution in [0.1, 0.15) is 22.3 Å². The number of hydrogen-bond acceptors (Lipinski definition) is 0. The van der Waals surface area contributed by atoms with Gasteiger partial charge in [0.15, 0.2) is 0 Å². The van der Waals surface area contributed by atoms with Crippen LogP contribution in [0.15, 0.2) is 48.5 Å². The predicted octanol–water partition coefficient (Wildman–Crippen LogP) is 7.07. The summed E-state index contributed by atoms with van der Waals surface area (Å²) in [5.41, 5.74) is -1.25. The molecule has 0 heterocycles. The van der Waals surface area contributed by atoms with Crippen molar-refractivity contribution in [3.8, 4) is 0 Å². The van der Waals surface area contributed by atoms with Crippen molar-refractivity contribution in [2.75, 3.05) is 0 Å². The van der Waals surface area contributed by atoms with E-state index in [1.807, 2.05) is 0 Å². The Bertz CT molecular complexity index is 1430. The molecule has 0 N–H and O–H groups in total. The third kappa shape index (κ3) is 5.79. The summed E-state index contributed by atoms with van der Waals surface area (Å²) < 4.78 is 137. The van der Waals surface area contributed by atoms with Gasteiger partial charge in [0.1, 0.15) is 0 Å². The third-order valence-electron chi connectivity index (χ3n) is 5.37. The summed E-state index contributed by atoms with van der Waals surface area (Å²) in [4.78, 5) is 0. The first-order valence-corrected chi connectivity index (χ1v) is 12.5. The normalized spacial score (nSPS) is 11.7. The van der Waals surface area contributed by atoms with Crippen LogP contribution in [0, 0.1) is 58.2 Å². The second-order valence-electron chi connectivity index (χ2n) is 7.87. The third-order valence-corrected chi connectivity index (χ3v) is 7.50. The van der Waals surface area contributed by atoms with E-state index in [0.717, 1.165) is 21.1 Å². The van der Waals surface area contributed by atoms with Crippen molar-refractivity contribution in [1.82, 2.24) is 0 Å². The summed E-state index contributed by atoms with van der Waals surface area (Å²) in [5, 5.41) is 0. The van der Waals surface area contributed by atoms with Gasteiger partial charge in [0, 0.05) is 0 Å². The molecule has 11 heteroatoms. The first-order valence-electron chi connectivity index (χ1n) is 10.8. The fourth-order valence-corrected chi connectivity index (χ4v) is 5.04. The van der Waals surface area contributed by atoms with Gasteiger partial charge in [-0.2, -0.15) is 0 Å². The molecule has 4 aromatic rings. The molecule has 0 aliphatic rings. The molecule has 0 aliphatic carbocycles. The number of hydrogen-bond donors (Lipinski definition) is 0. The average molecular weight is 617 g/mol. The van der Waals surface area contributed by atoms with Gasteiger partial charge >= 0.3 is 221 Å². The van der Waals surface area contributed by atoms with E-state index in [4.69, 9.17) is 0 Å². The molecule has 0 spiro atoms. The Labute approximate surface area is 221 Å². The van der Waals surface area contributed by atoms with Crippen LogP contribution in [0.2, 0.25) is 0 Å². The zero-order valence-electron chi connectivity index (χ0n) is 19.1. The Morgan fingerprint density at radius 2 is 0.590 bits per heavy atom. The molecule has 0 fully saturated rings. The Balaban J connectivity index is 1.45. The van der Waals surface area contributed by atoms with E-state index in [9.17, 15) is 43.9 Å². The minimum atomic E-state index is -2.24. The molecule has 0 bridgehead atoms.